The average Bonchev–Trinajstić information content (AvgIpc) is 3.18. The zero-order valence-corrected chi connectivity index (χ0v) is 16.8. The lowest BCUT2D eigenvalue weighted by atomic mass is 10.1. The van der Waals surface area contributed by atoms with Gasteiger partial charge in [-0.05, 0) is 35.4 Å². The van der Waals surface area contributed by atoms with Crippen LogP contribution in [0.15, 0.2) is 42.5 Å². The number of carbonyl (C=O) groups is 2. The van der Waals surface area contributed by atoms with Crippen molar-refractivity contribution in [1.82, 2.24) is 0 Å². The fourth-order valence-corrected chi connectivity index (χ4v) is 5.54. The van der Waals surface area contributed by atoms with Crippen molar-refractivity contribution in [3.05, 3.63) is 53.6 Å². The molecule has 3 rings (SSSR count). The Bertz CT molecular complexity index is 817. The van der Waals surface area contributed by atoms with Crippen LogP contribution in [-0.2, 0) is 16.0 Å². The van der Waals surface area contributed by atoms with E-state index in [1.165, 1.54) is 12.5 Å². The predicted octanol–water partition coefficient (Wildman–Crippen LogP) is 4.28. The Hall–Kier alpha value is -2.12. The van der Waals surface area contributed by atoms with E-state index in [1.807, 2.05) is 35.7 Å². The van der Waals surface area contributed by atoms with E-state index in [1.54, 1.807) is 37.4 Å². The molecule has 1 aliphatic heterocycles. The lowest BCUT2D eigenvalue weighted by Crippen LogP contribution is -2.12. The summed E-state index contributed by atoms with van der Waals surface area (Å²) in [6.45, 7) is 1.45. The molecule has 2 aromatic rings. The van der Waals surface area contributed by atoms with Gasteiger partial charge in [0.15, 0.2) is 11.5 Å². The highest BCUT2D eigenvalue weighted by molar-refractivity contribution is 8.19. The second-order valence-corrected chi connectivity index (χ2v) is 8.74. The number of methoxy groups -OCH3 is 1. The minimum atomic E-state index is -0.363. The summed E-state index contributed by atoms with van der Waals surface area (Å²) in [6, 6.07) is 12.8. The molecule has 5 nitrogen and oxygen atoms in total. The van der Waals surface area contributed by atoms with Crippen LogP contribution in [0.2, 0.25) is 0 Å². The van der Waals surface area contributed by atoms with Gasteiger partial charge < -0.3 is 14.8 Å². The highest BCUT2D eigenvalue weighted by Crippen LogP contribution is 2.46. The van der Waals surface area contributed by atoms with Crippen LogP contribution in [0.5, 0.6) is 11.5 Å². The van der Waals surface area contributed by atoms with E-state index in [2.05, 4.69) is 5.32 Å². The molecule has 0 radical (unpaired) electrons. The van der Waals surface area contributed by atoms with Crippen molar-refractivity contribution < 1.29 is 19.1 Å². The van der Waals surface area contributed by atoms with Gasteiger partial charge in [0.05, 0.1) is 18.1 Å². The van der Waals surface area contributed by atoms with Crippen LogP contribution in [0.4, 0.5) is 5.69 Å². The van der Waals surface area contributed by atoms with E-state index in [-0.39, 0.29) is 18.3 Å². The molecule has 1 N–H and O–H groups in total. The molecule has 0 saturated carbocycles. The van der Waals surface area contributed by atoms with Crippen molar-refractivity contribution in [1.29, 1.82) is 0 Å². The van der Waals surface area contributed by atoms with E-state index in [9.17, 15) is 9.59 Å². The Morgan fingerprint density at radius 1 is 1.07 bits per heavy atom. The standard InChI is InChI=1S/C20H21NO4S2/c1-13(22)21-16-6-3-14(4-7-16)11-19(23)25-17-8-5-15(12-18(17)24-2)20-26-9-10-27-20/h3-8,12,20H,9-11H2,1-2H3,(H,21,22). The number of hydrogen-bond donors (Lipinski definition) is 1. The van der Waals surface area contributed by atoms with Crippen molar-refractivity contribution in [2.75, 3.05) is 23.9 Å². The summed E-state index contributed by atoms with van der Waals surface area (Å²) in [5.41, 5.74) is 2.68. The van der Waals surface area contributed by atoms with E-state index >= 15 is 0 Å². The van der Waals surface area contributed by atoms with Gasteiger partial charge in [-0.1, -0.05) is 18.2 Å². The van der Waals surface area contributed by atoms with Gasteiger partial charge in [-0.25, -0.2) is 0 Å². The first-order chi connectivity index (χ1) is 13.0. The largest absolute Gasteiger partial charge is 0.493 e. The van der Waals surface area contributed by atoms with Crippen LogP contribution >= 0.6 is 23.5 Å². The number of thioether (sulfide) groups is 2. The molecular weight excluding hydrogens is 382 g/mol. The monoisotopic (exact) mass is 403 g/mol. The lowest BCUT2D eigenvalue weighted by molar-refractivity contribution is -0.133. The molecule has 0 unspecified atom stereocenters. The second kappa shape index (κ2) is 9.19. The Balaban J connectivity index is 1.63. The maximum atomic E-state index is 12.3. The fraction of sp³-hybridized carbons (Fsp3) is 0.300. The summed E-state index contributed by atoms with van der Waals surface area (Å²) in [7, 11) is 1.58. The van der Waals surface area contributed by atoms with E-state index < -0.39 is 0 Å². The molecule has 27 heavy (non-hydrogen) atoms. The van der Waals surface area contributed by atoms with Crippen molar-refractivity contribution in [2.45, 2.75) is 17.9 Å². The summed E-state index contributed by atoms with van der Waals surface area (Å²) < 4.78 is 11.3. The van der Waals surface area contributed by atoms with Gasteiger partial charge in [-0.3, -0.25) is 9.59 Å². The van der Waals surface area contributed by atoms with Crippen LogP contribution < -0.4 is 14.8 Å². The minimum Gasteiger partial charge on any atom is -0.493 e. The molecular formula is C20H21NO4S2. The molecule has 0 spiro atoms. The highest BCUT2D eigenvalue weighted by Gasteiger charge is 2.20. The Morgan fingerprint density at radius 2 is 1.78 bits per heavy atom. The van der Waals surface area contributed by atoms with Crippen LogP contribution in [-0.4, -0.2) is 30.5 Å². The normalized spacial score (nSPS) is 14.0. The summed E-state index contributed by atoms with van der Waals surface area (Å²) in [6.07, 6.45) is 0.138. The smallest absolute Gasteiger partial charge is 0.315 e. The van der Waals surface area contributed by atoms with Crippen molar-refractivity contribution in [3.63, 3.8) is 0 Å². The molecule has 0 bridgehead atoms. The average molecular weight is 404 g/mol. The summed E-state index contributed by atoms with van der Waals surface area (Å²) in [4.78, 5) is 23.3. The molecule has 2 aromatic carbocycles. The number of hydrogen-bond acceptors (Lipinski definition) is 6. The molecule has 1 saturated heterocycles. The third kappa shape index (κ3) is 5.43. The molecule has 1 fully saturated rings. The molecule has 0 aromatic heterocycles. The van der Waals surface area contributed by atoms with E-state index in [0.29, 0.717) is 21.8 Å². The van der Waals surface area contributed by atoms with E-state index in [4.69, 9.17) is 9.47 Å². The van der Waals surface area contributed by atoms with Crippen molar-refractivity contribution >= 4 is 41.1 Å². The number of carbonyl (C=O) groups excluding carboxylic acids is 2. The Labute approximate surface area is 167 Å². The molecule has 1 heterocycles. The zero-order valence-electron chi connectivity index (χ0n) is 15.2. The molecule has 0 atom stereocenters. The first-order valence-electron chi connectivity index (χ1n) is 8.53. The van der Waals surface area contributed by atoms with Crippen molar-refractivity contribution in [3.8, 4) is 11.5 Å². The van der Waals surface area contributed by atoms with Gasteiger partial charge in [0.1, 0.15) is 0 Å². The molecule has 7 heteroatoms. The second-order valence-electron chi connectivity index (χ2n) is 6.01. The minimum absolute atomic E-state index is 0.132. The highest BCUT2D eigenvalue weighted by atomic mass is 32.2. The van der Waals surface area contributed by atoms with Crippen molar-refractivity contribution in [2.24, 2.45) is 0 Å². The van der Waals surface area contributed by atoms with Gasteiger partial charge in [-0.2, -0.15) is 0 Å². The van der Waals surface area contributed by atoms with Crippen LogP contribution in [0.3, 0.4) is 0 Å². The van der Waals surface area contributed by atoms with Gasteiger partial charge in [0.25, 0.3) is 0 Å². The number of rotatable bonds is 6. The number of ether oxygens (including phenoxy) is 2. The number of benzene rings is 2. The van der Waals surface area contributed by atoms with E-state index in [0.717, 1.165) is 17.1 Å². The number of esters is 1. The predicted molar refractivity (Wildman–Crippen MR) is 111 cm³/mol. The molecule has 1 aliphatic rings. The third-order valence-corrected chi connectivity index (χ3v) is 7.03. The quantitative estimate of drug-likeness (QED) is 0.574. The van der Waals surface area contributed by atoms with Gasteiger partial charge in [0.2, 0.25) is 5.91 Å². The third-order valence-electron chi connectivity index (χ3n) is 3.93. The number of nitrogens with one attached hydrogen (secondary N) is 1. The topological polar surface area (TPSA) is 64.6 Å². The van der Waals surface area contributed by atoms with Crippen LogP contribution in [0.25, 0.3) is 0 Å². The number of anilines is 1. The first kappa shape index (κ1) is 19.6. The van der Waals surface area contributed by atoms with Crippen LogP contribution in [0.1, 0.15) is 22.6 Å². The molecule has 0 aliphatic carbocycles. The lowest BCUT2D eigenvalue weighted by Gasteiger charge is -2.13. The summed E-state index contributed by atoms with van der Waals surface area (Å²) in [5.74, 6) is 2.79. The SMILES string of the molecule is COc1cc(C2SCCS2)ccc1OC(=O)Cc1ccc(NC(C)=O)cc1. The van der Waals surface area contributed by atoms with Gasteiger partial charge in [0, 0.05) is 24.1 Å². The Morgan fingerprint density at radius 3 is 2.41 bits per heavy atom. The van der Waals surface area contributed by atoms with Gasteiger partial charge >= 0.3 is 5.97 Å². The van der Waals surface area contributed by atoms with Gasteiger partial charge in [-0.15, -0.1) is 23.5 Å². The maximum absolute atomic E-state index is 12.3. The Kier molecular flexibility index (Phi) is 6.68. The molecule has 142 valence electrons. The first-order valence-corrected chi connectivity index (χ1v) is 10.6. The fourth-order valence-electron chi connectivity index (χ4n) is 2.70. The maximum Gasteiger partial charge on any atom is 0.315 e. The zero-order chi connectivity index (χ0) is 19.2. The summed E-state index contributed by atoms with van der Waals surface area (Å²) >= 11 is 3.83. The van der Waals surface area contributed by atoms with Crippen LogP contribution in [0, 0.1) is 0 Å². The summed E-state index contributed by atoms with van der Waals surface area (Å²) in [5, 5.41) is 2.69. The molecule has 1 amide bonds. The number of amides is 1.